The Hall–Kier alpha value is -2.31. The summed E-state index contributed by atoms with van der Waals surface area (Å²) in [5.41, 5.74) is 1.83. The Labute approximate surface area is 135 Å². The third-order valence-electron chi connectivity index (χ3n) is 3.19. The Bertz CT molecular complexity index is 818. The molecule has 0 unspecified atom stereocenters. The highest BCUT2D eigenvalue weighted by molar-refractivity contribution is 7.09. The largest absolute Gasteiger partial charge is 0.506 e. The summed E-state index contributed by atoms with van der Waals surface area (Å²) < 4.78 is 9.09. The third-order valence-corrected chi connectivity index (χ3v) is 4.34. The van der Waals surface area contributed by atoms with Gasteiger partial charge in [-0.2, -0.15) is 0 Å². The molecule has 2 aromatic carbocycles. The maximum absolute atomic E-state index is 10.1. The lowest BCUT2D eigenvalue weighted by Crippen LogP contribution is -1.86. The number of aromatic hydroxyl groups is 2. The van der Waals surface area contributed by atoms with Gasteiger partial charge in [0.1, 0.15) is 28.0 Å². The van der Waals surface area contributed by atoms with Gasteiger partial charge in [0.05, 0.1) is 12.0 Å². The van der Waals surface area contributed by atoms with Crippen LogP contribution in [0.5, 0.6) is 17.2 Å². The summed E-state index contributed by atoms with van der Waals surface area (Å²) in [7, 11) is 1.60. The number of phenols is 2. The van der Waals surface area contributed by atoms with Crippen LogP contribution in [-0.2, 0) is 0 Å². The van der Waals surface area contributed by atoms with E-state index in [-0.39, 0.29) is 16.5 Å². The van der Waals surface area contributed by atoms with Crippen molar-refractivity contribution < 1.29 is 14.9 Å². The number of phenolic OH excluding ortho intramolecular Hbond substituents is 2. The van der Waals surface area contributed by atoms with Gasteiger partial charge in [-0.1, -0.05) is 16.1 Å². The van der Waals surface area contributed by atoms with Gasteiger partial charge >= 0.3 is 0 Å². The van der Waals surface area contributed by atoms with Gasteiger partial charge < -0.3 is 14.9 Å². The van der Waals surface area contributed by atoms with Gasteiger partial charge in [-0.05, 0) is 53.5 Å². The number of ether oxygens (including phenoxy) is 1. The zero-order chi connectivity index (χ0) is 15.7. The first-order chi connectivity index (χ1) is 10.6. The summed E-state index contributed by atoms with van der Waals surface area (Å²) in [5, 5.41) is 23.6. The van der Waals surface area contributed by atoms with Crippen molar-refractivity contribution in [2.24, 2.45) is 0 Å². The van der Waals surface area contributed by atoms with Crippen molar-refractivity contribution in [2.45, 2.75) is 0 Å². The fourth-order valence-corrected chi connectivity index (χ4v) is 2.89. The molecule has 3 aromatic rings. The molecule has 0 spiro atoms. The molecule has 1 aromatic heterocycles. The number of methoxy groups -OCH3 is 1. The molecular weight excluding hydrogens is 324 g/mol. The summed E-state index contributed by atoms with van der Waals surface area (Å²) >= 11 is 7.09. The van der Waals surface area contributed by atoms with Crippen molar-refractivity contribution in [3.05, 3.63) is 41.4 Å². The van der Waals surface area contributed by atoms with E-state index in [9.17, 15) is 10.2 Å². The zero-order valence-electron chi connectivity index (χ0n) is 11.4. The van der Waals surface area contributed by atoms with Crippen LogP contribution in [0.2, 0.25) is 5.02 Å². The highest BCUT2D eigenvalue weighted by Gasteiger charge is 2.19. The predicted molar refractivity (Wildman–Crippen MR) is 85.7 cm³/mol. The zero-order valence-corrected chi connectivity index (χ0v) is 13.0. The molecule has 0 saturated heterocycles. The molecule has 2 N–H and O–H groups in total. The molecule has 7 heteroatoms. The van der Waals surface area contributed by atoms with Crippen LogP contribution < -0.4 is 4.74 Å². The summed E-state index contributed by atoms with van der Waals surface area (Å²) in [6.45, 7) is 0. The number of hydrogen-bond acceptors (Lipinski definition) is 6. The third kappa shape index (κ3) is 2.47. The summed E-state index contributed by atoms with van der Waals surface area (Å²) in [5.74, 6) is 0.347. The van der Waals surface area contributed by atoms with Crippen LogP contribution in [0.25, 0.3) is 21.7 Å². The fraction of sp³-hybridized carbons (Fsp3) is 0.0667. The molecule has 112 valence electrons. The van der Waals surface area contributed by atoms with Gasteiger partial charge in [0.2, 0.25) is 0 Å². The lowest BCUT2D eigenvalue weighted by molar-refractivity contribution is 0.415. The van der Waals surface area contributed by atoms with E-state index in [1.54, 1.807) is 13.2 Å². The maximum atomic E-state index is 10.1. The quantitative estimate of drug-likeness (QED) is 0.758. The van der Waals surface area contributed by atoms with E-state index >= 15 is 0 Å². The smallest absolute Gasteiger partial charge is 0.147 e. The monoisotopic (exact) mass is 334 g/mol. The van der Waals surface area contributed by atoms with E-state index in [1.165, 1.54) is 17.6 Å². The first-order valence-corrected chi connectivity index (χ1v) is 7.44. The van der Waals surface area contributed by atoms with Crippen LogP contribution in [0.1, 0.15) is 0 Å². The molecule has 0 atom stereocenters. The van der Waals surface area contributed by atoms with Gasteiger partial charge in [0, 0.05) is 5.56 Å². The standard InChI is InChI=1S/C15H11ClN2O3S/c1-21-9-4-2-8(3-5-9)15-13(17-18-22-15)10-6-7-11(19)12(16)14(10)20/h2-7,19-20H,1H3. The van der Waals surface area contributed by atoms with Crippen molar-refractivity contribution in [3.8, 4) is 38.9 Å². The van der Waals surface area contributed by atoms with E-state index < -0.39 is 0 Å². The number of rotatable bonds is 3. The lowest BCUT2D eigenvalue weighted by Gasteiger charge is -2.07. The summed E-state index contributed by atoms with van der Waals surface area (Å²) in [4.78, 5) is 0.791. The Morgan fingerprint density at radius 1 is 1.09 bits per heavy atom. The van der Waals surface area contributed by atoms with Gasteiger partial charge in [-0.3, -0.25) is 0 Å². The van der Waals surface area contributed by atoms with E-state index in [0.29, 0.717) is 11.3 Å². The Kier molecular flexibility index (Phi) is 3.87. The van der Waals surface area contributed by atoms with Crippen LogP contribution in [0.3, 0.4) is 0 Å². The van der Waals surface area contributed by atoms with Crippen molar-refractivity contribution in [3.63, 3.8) is 0 Å². The highest BCUT2D eigenvalue weighted by atomic mass is 35.5. The van der Waals surface area contributed by atoms with Crippen LogP contribution in [-0.4, -0.2) is 26.9 Å². The number of aromatic nitrogens is 2. The minimum absolute atomic E-state index is 0.105. The van der Waals surface area contributed by atoms with Crippen molar-refractivity contribution in [1.29, 1.82) is 0 Å². The molecular formula is C15H11ClN2O3S. The number of hydrogen-bond donors (Lipinski definition) is 2. The first-order valence-electron chi connectivity index (χ1n) is 6.29. The molecule has 0 fully saturated rings. The molecule has 1 heterocycles. The molecule has 0 aliphatic heterocycles. The molecule has 0 aliphatic carbocycles. The molecule has 3 rings (SSSR count). The second kappa shape index (κ2) is 5.82. The van der Waals surface area contributed by atoms with Crippen molar-refractivity contribution in [1.82, 2.24) is 9.59 Å². The second-order valence-corrected chi connectivity index (χ2v) is 5.61. The molecule has 0 radical (unpaired) electrons. The van der Waals surface area contributed by atoms with Gasteiger partial charge in [-0.15, -0.1) is 5.10 Å². The van der Waals surface area contributed by atoms with E-state index in [0.717, 1.165) is 16.2 Å². The van der Waals surface area contributed by atoms with Gasteiger partial charge in [0.15, 0.2) is 0 Å². The minimum Gasteiger partial charge on any atom is -0.506 e. The fourth-order valence-electron chi connectivity index (χ4n) is 2.04. The Morgan fingerprint density at radius 3 is 2.50 bits per heavy atom. The number of benzene rings is 2. The number of halogens is 1. The SMILES string of the molecule is COc1ccc(-c2snnc2-c2ccc(O)c(Cl)c2O)cc1. The van der Waals surface area contributed by atoms with E-state index in [1.807, 2.05) is 24.3 Å². The first kappa shape index (κ1) is 14.6. The Morgan fingerprint density at radius 2 is 1.82 bits per heavy atom. The van der Waals surface area contributed by atoms with E-state index in [4.69, 9.17) is 16.3 Å². The molecule has 0 saturated carbocycles. The van der Waals surface area contributed by atoms with Crippen LogP contribution in [0.4, 0.5) is 0 Å². The Balaban J connectivity index is 2.11. The molecule has 0 amide bonds. The maximum Gasteiger partial charge on any atom is 0.147 e. The van der Waals surface area contributed by atoms with Crippen molar-refractivity contribution in [2.75, 3.05) is 7.11 Å². The van der Waals surface area contributed by atoms with Crippen LogP contribution >= 0.6 is 23.1 Å². The van der Waals surface area contributed by atoms with Crippen molar-refractivity contribution >= 4 is 23.1 Å². The van der Waals surface area contributed by atoms with Gasteiger partial charge in [-0.25, -0.2) is 0 Å². The average molecular weight is 335 g/mol. The van der Waals surface area contributed by atoms with E-state index in [2.05, 4.69) is 9.59 Å². The molecule has 0 aliphatic rings. The molecule has 0 bridgehead atoms. The lowest BCUT2D eigenvalue weighted by atomic mass is 10.1. The minimum atomic E-state index is -0.218. The topological polar surface area (TPSA) is 75.5 Å². The number of nitrogens with zero attached hydrogens (tertiary/aromatic N) is 2. The predicted octanol–water partition coefficient (Wildman–Crippen LogP) is 3.95. The normalized spacial score (nSPS) is 10.6. The molecule has 22 heavy (non-hydrogen) atoms. The highest BCUT2D eigenvalue weighted by Crippen LogP contribution is 2.43. The second-order valence-electron chi connectivity index (χ2n) is 4.47. The van der Waals surface area contributed by atoms with Gasteiger partial charge in [0.25, 0.3) is 0 Å². The van der Waals surface area contributed by atoms with Crippen LogP contribution in [0.15, 0.2) is 36.4 Å². The van der Waals surface area contributed by atoms with Crippen LogP contribution in [0, 0.1) is 0 Å². The average Bonchev–Trinajstić information content (AvgIpc) is 3.02. The summed E-state index contributed by atoms with van der Waals surface area (Å²) in [6, 6.07) is 10.4. The molecule has 5 nitrogen and oxygen atoms in total. The summed E-state index contributed by atoms with van der Waals surface area (Å²) in [6.07, 6.45) is 0.